The number of alkyl halides is 1. The van der Waals surface area contributed by atoms with Gasteiger partial charge in [-0.2, -0.15) is 0 Å². The molecule has 0 N–H and O–H groups in total. The molecule has 0 spiro atoms. The van der Waals surface area contributed by atoms with Crippen molar-refractivity contribution in [3.05, 3.63) is 97.1 Å². The number of hydrogen-bond acceptors (Lipinski definition) is 4. The number of carbonyl (C=O) groups excluding carboxylic acids is 2. The Balaban J connectivity index is -0.000000164. The number of rotatable bonds is 9. The number of halogens is 1. The van der Waals surface area contributed by atoms with Crippen LogP contribution in [0.25, 0.3) is 43.6 Å². The summed E-state index contributed by atoms with van der Waals surface area (Å²) in [6.45, 7) is 9.12. The molecule has 0 saturated heterocycles. The summed E-state index contributed by atoms with van der Waals surface area (Å²) >= 11 is 5.45. The van der Waals surface area contributed by atoms with Crippen molar-refractivity contribution in [2.45, 2.75) is 113 Å². The molecule has 0 fully saturated rings. The third-order valence-corrected chi connectivity index (χ3v) is 8.65. The fourth-order valence-corrected chi connectivity index (χ4v) is 5.33. The monoisotopic (exact) mass is 792 g/mol. The summed E-state index contributed by atoms with van der Waals surface area (Å²) in [5.74, 6) is 0.660. The predicted octanol–water partition coefficient (Wildman–Crippen LogP) is 10.3. The van der Waals surface area contributed by atoms with Crippen LogP contribution < -0.4 is 56.5 Å². The van der Waals surface area contributed by atoms with Gasteiger partial charge in [0.05, 0.1) is 19.1 Å². The average Bonchev–Trinajstić information content (AvgIpc) is 3.56. The Morgan fingerprint density at radius 2 is 0.870 bits per heavy atom. The molecule has 6 nitrogen and oxygen atoms in total. The number of ether oxygens (including phenoxy) is 1. The van der Waals surface area contributed by atoms with Crippen LogP contribution in [0.4, 0.5) is 0 Å². The van der Waals surface area contributed by atoms with Crippen LogP contribution in [0.1, 0.15) is 99.9 Å². The van der Waals surface area contributed by atoms with Crippen molar-refractivity contribution in [1.29, 1.82) is 0 Å². The van der Waals surface area contributed by atoms with E-state index in [4.69, 9.17) is 16.3 Å². The van der Waals surface area contributed by atoms with Gasteiger partial charge in [-0.15, -0.1) is 11.6 Å². The van der Waals surface area contributed by atoms with Crippen molar-refractivity contribution >= 4 is 67.2 Å². The van der Waals surface area contributed by atoms with Gasteiger partial charge in [-0.25, -0.2) is 0 Å². The predicted molar refractivity (Wildman–Crippen MR) is 238 cm³/mol. The first-order valence-electron chi connectivity index (χ1n) is 15.6. The first kappa shape index (κ1) is 63.3. The van der Waals surface area contributed by atoms with E-state index in [9.17, 15) is 14.7 Å². The van der Waals surface area contributed by atoms with E-state index < -0.39 is 5.97 Å². The number of esters is 1. The zero-order valence-electron chi connectivity index (χ0n) is 27.5. The van der Waals surface area contributed by atoms with E-state index in [1.807, 2.05) is 77.4 Å². The molecule has 2 atom stereocenters. The van der Waals surface area contributed by atoms with E-state index >= 15 is 0 Å². The van der Waals surface area contributed by atoms with Crippen LogP contribution in [0.5, 0.6) is 0 Å². The van der Waals surface area contributed by atoms with Gasteiger partial charge in [-0.1, -0.05) is 173 Å². The van der Waals surface area contributed by atoms with Gasteiger partial charge in [0.25, 0.3) is 0 Å². The molecule has 2 unspecified atom stereocenters. The molecule has 0 saturated carbocycles. The Kier molecular flexibility index (Phi) is 37.0. The summed E-state index contributed by atoms with van der Waals surface area (Å²) < 4.78 is 9.23. The van der Waals surface area contributed by atoms with Crippen molar-refractivity contribution in [3.63, 3.8) is 0 Å². The number of hydrogen-bond donors (Lipinski definition) is 0. The Morgan fingerprint density at radius 1 is 0.574 bits per heavy atom. The number of para-hydroxylation sites is 4. The number of fused-ring (bicyclic) bond motifs is 6. The number of carboxylic acids is 1. The SMILES string of the molecule is C.C.C.C.C.C.C.C.CCC(C)CCl.CCC(C)COC(=O)Cn1c2ccccc2c2ccccc21.O=C([O-])Cn1c2ccccc2c2ccccc21.[K+]. The summed E-state index contributed by atoms with van der Waals surface area (Å²) in [6.07, 6.45) is 2.21. The molecule has 54 heavy (non-hydrogen) atoms. The van der Waals surface area contributed by atoms with Gasteiger partial charge < -0.3 is 23.8 Å². The molecule has 0 aliphatic heterocycles. The minimum Gasteiger partial charge on any atom is -0.548 e. The van der Waals surface area contributed by atoms with Gasteiger partial charge in [0, 0.05) is 49.5 Å². The van der Waals surface area contributed by atoms with Gasteiger partial charge >= 0.3 is 57.4 Å². The van der Waals surface area contributed by atoms with Gasteiger partial charge in [0.15, 0.2) is 0 Å². The quantitative estimate of drug-likeness (QED) is 0.0830. The second kappa shape index (κ2) is 31.5. The largest absolute Gasteiger partial charge is 1.00 e. The second-order valence-corrected chi connectivity index (χ2v) is 11.8. The Labute approximate surface area is 378 Å². The zero-order chi connectivity index (χ0) is 32.3. The first-order chi connectivity index (χ1) is 21.8. The van der Waals surface area contributed by atoms with Crippen LogP contribution in [0.15, 0.2) is 97.1 Å². The molecule has 0 aliphatic rings. The standard InChI is InChI=1S/C19H21NO2.C14H11NO2.C5H11Cl.8CH4.K/c1-3-14(2)13-22-19(21)12-20-17-10-6-4-8-15(17)16-9-5-7-11-18(16)20;16-14(17)9-15-12-7-3-1-5-10(12)11-6-2-4-8-13(11)15;1-3-5(2)4-6;;;;;;;;;/h4-11,14H,3,12-13H2,1-2H3;1-8H,9H2,(H,16,17);5H,3-4H2,1-2H3;8*1H4;/q;;;;;;;;;;;+1/p-1. The van der Waals surface area contributed by atoms with Crippen LogP contribution in [0.3, 0.4) is 0 Å². The van der Waals surface area contributed by atoms with Crippen LogP contribution in [-0.2, 0) is 27.4 Å². The van der Waals surface area contributed by atoms with Crippen LogP contribution in [0.2, 0.25) is 0 Å². The van der Waals surface area contributed by atoms with Gasteiger partial charge in [-0.3, -0.25) is 4.79 Å². The van der Waals surface area contributed by atoms with Crippen LogP contribution in [0, 0.1) is 11.8 Å². The van der Waals surface area contributed by atoms with Crippen molar-refractivity contribution in [2.75, 3.05) is 12.5 Å². The van der Waals surface area contributed by atoms with Gasteiger partial charge in [-0.05, 0) is 36.1 Å². The smallest absolute Gasteiger partial charge is 0.548 e. The number of benzene rings is 4. The van der Waals surface area contributed by atoms with E-state index in [0.29, 0.717) is 18.4 Å². The normalized spacial score (nSPS) is 10.2. The molecule has 0 radical (unpaired) electrons. The second-order valence-electron chi connectivity index (χ2n) is 11.5. The average molecular weight is 794 g/mol. The number of carbonyl (C=O) groups is 2. The molecular weight excluding hydrogens is 719 g/mol. The molecule has 6 rings (SSSR count). The third kappa shape index (κ3) is 16.2. The minimum absolute atomic E-state index is 0. The Hall–Kier alpha value is -2.65. The molecule has 6 aromatic rings. The summed E-state index contributed by atoms with van der Waals surface area (Å²) in [4.78, 5) is 23.0. The molecule has 2 heterocycles. The van der Waals surface area contributed by atoms with Crippen molar-refractivity contribution in [3.8, 4) is 0 Å². The fourth-order valence-electron chi connectivity index (χ4n) is 5.11. The molecule has 2 aromatic heterocycles. The van der Waals surface area contributed by atoms with E-state index in [1.54, 1.807) is 4.57 Å². The number of nitrogens with zero attached hydrogens (tertiary/aromatic N) is 2. The number of carboxylic acid groups (broad SMARTS) is 1. The summed E-state index contributed by atoms with van der Waals surface area (Å²) in [5, 5.41) is 15.3. The Morgan fingerprint density at radius 3 is 1.13 bits per heavy atom. The molecule has 0 bridgehead atoms. The maximum Gasteiger partial charge on any atom is 1.00 e. The zero-order valence-corrected chi connectivity index (χ0v) is 31.4. The maximum atomic E-state index is 12.2. The molecule has 4 aromatic carbocycles. The molecule has 300 valence electrons. The van der Waals surface area contributed by atoms with Crippen molar-refractivity contribution in [1.82, 2.24) is 9.13 Å². The van der Waals surface area contributed by atoms with E-state index in [2.05, 4.69) is 52.0 Å². The third-order valence-electron chi connectivity index (χ3n) is 8.12. The van der Waals surface area contributed by atoms with Gasteiger partial charge in [0.2, 0.25) is 0 Å². The molecule has 8 heteroatoms. The van der Waals surface area contributed by atoms with E-state index in [0.717, 1.165) is 45.1 Å². The number of aromatic nitrogens is 2. The topological polar surface area (TPSA) is 76.3 Å². The molecular formula is C46H74ClKN2O4. The molecule has 0 aliphatic carbocycles. The van der Waals surface area contributed by atoms with Crippen LogP contribution >= 0.6 is 11.6 Å². The van der Waals surface area contributed by atoms with Crippen molar-refractivity contribution in [2.24, 2.45) is 11.8 Å². The first-order valence-corrected chi connectivity index (χ1v) is 16.2. The van der Waals surface area contributed by atoms with Crippen LogP contribution in [-0.4, -0.2) is 33.6 Å². The molecule has 0 amide bonds. The van der Waals surface area contributed by atoms with Gasteiger partial charge in [0.1, 0.15) is 6.54 Å². The van der Waals surface area contributed by atoms with E-state index in [1.165, 1.54) is 17.2 Å². The summed E-state index contributed by atoms with van der Waals surface area (Å²) in [6, 6.07) is 32.0. The Bertz CT molecular complexity index is 1770. The number of aliphatic carboxylic acids is 1. The maximum absolute atomic E-state index is 12.2. The van der Waals surface area contributed by atoms with E-state index in [-0.39, 0.29) is 130 Å². The van der Waals surface area contributed by atoms with Crippen molar-refractivity contribution < 1.29 is 70.8 Å². The fraction of sp³-hybridized carbons (Fsp3) is 0.435. The minimum atomic E-state index is -1.07. The summed E-state index contributed by atoms with van der Waals surface area (Å²) in [7, 11) is 0. The summed E-state index contributed by atoms with van der Waals surface area (Å²) in [5.41, 5.74) is 4.00.